The van der Waals surface area contributed by atoms with Crippen LogP contribution >= 0.6 is 15.9 Å². The molecule has 0 atom stereocenters. The summed E-state index contributed by atoms with van der Waals surface area (Å²) in [5.41, 5.74) is 1.04. The molecule has 0 saturated heterocycles. The molecule has 82 valence electrons. The number of nitrogens with one attached hydrogen (secondary N) is 1. The van der Waals surface area contributed by atoms with Gasteiger partial charge in [0, 0.05) is 17.2 Å². The molecule has 4 heteroatoms. The molecule has 0 fully saturated rings. The molecule has 0 spiro atoms. The summed E-state index contributed by atoms with van der Waals surface area (Å²) in [5, 5.41) is 3.16. The van der Waals surface area contributed by atoms with Crippen LogP contribution in [0.15, 0.2) is 35.0 Å². The van der Waals surface area contributed by atoms with E-state index < -0.39 is 0 Å². The Bertz CT molecular complexity index is 311. The van der Waals surface area contributed by atoms with Gasteiger partial charge in [-0.25, -0.2) is 4.98 Å². The number of hydrogen-bond donors (Lipinski definition) is 1. The third kappa shape index (κ3) is 5.54. The van der Waals surface area contributed by atoms with Crippen molar-refractivity contribution in [1.29, 1.82) is 0 Å². The van der Waals surface area contributed by atoms with Crippen molar-refractivity contribution in [2.75, 3.05) is 25.1 Å². The Morgan fingerprint density at radius 1 is 1.60 bits per heavy atom. The van der Waals surface area contributed by atoms with Gasteiger partial charge < -0.3 is 10.1 Å². The molecule has 3 nitrogen and oxygen atoms in total. The van der Waals surface area contributed by atoms with Crippen LogP contribution in [0.3, 0.4) is 0 Å². The van der Waals surface area contributed by atoms with Crippen molar-refractivity contribution >= 4 is 21.7 Å². The summed E-state index contributed by atoms with van der Waals surface area (Å²) in [4.78, 5) is 4.18. The minimum absolute atomic E-state index is 0.620. The number of pyridine rings is 1. The van der Waals surface area contributed by atoms with Gasteiger partial charge in [-0.1, -0.05) is 12.2 Å². The van der Waals surface area contributed by atoms with Gasteiger partial charge in [0.15, 0.2) is 0 Å². The lowest BCUT2D eigenvalue weighted by molar-refractivity contribution is 0.167. The predicted molar refractivity (Wildman–Crippen MR) is 66.1 cm³/mol. The summed E-state index contributed by atoms with van der Waals surface area (Å²) in [6, 6.07) is 3.87. The molecule has 0 saturated carbocycles. The highest BCUT2D eigenvalue weighted by molar-refractivity contribution is 9.10. The molecule has 0 aromatic carbocycles. The SMILES string of the molecule is C=C(C)COCCNc1ccc(Br)cn1. The van der Waals surface area contributed by atoms with Crippen LogP contribution in [0.1, 0.15) is 6.92 Å². The molecule has 1 aromatic heterocycles. The maximum Gasteiger partial charge on any atom is 0.126 e. The number of ether oxygens (including phenoxy) is 1. The van der Waals surface area contributed by atoms with Gasteiger partial charge in [0.2, 0.25) is 0 Å². The summed E-state index contributed by atoms with van der Waals surface area (Å²) in [7, 11) is 0. The highest BCUT2D eigenvalue weighted by Crippen LogP contribution is 2.09. The van der Waals surface area contributed by atoms with Crippen LogP contribution in [0.4, 0.5) is 5.82 Å². The van der Waals surface area contributed by atoms with E-state index >= 15 is 0 Å². The van der Waals surface area contributed by atoms with Gasteiger partial charge >= 0.3 is 0 Å². The second kappa shape index (κ2) is 6.58. The van der Waals surface area contributed by atoms with Crippen molar-refractivity contribution in [3.05, 3.63) is 35.0 Å². The monoisotopic (exact) mass is 270 g/mol. The summed E-state index contributed by atoms with van der Waals surface area (Å²) in [6.45, 7) is 7.74. The standard InChI is InChI=1S/C11H15BrN2O/c1-9(2)8-15-6-5-13-11-4-3-10(12)7-14-11/h3-4,7H,1,5-6,8H2,2H3,(H,13,14). The third-order valence-corrected chi connectivity index (χ3v) is 2.10. The molecule has 0 bridgehead atoms. The highest BCUT2D eigenvalue weighted by atomic mass is 79.9. The number of nitrogens with zero attached hydrogens (tertiary/aromatic N) is 1. The molecule has 0 unspecified atom stereocenters. The van der Waals surface area contributed by atoms with E-state index in [0.717, 1.165) is 22.4 Å². The number of aromatic nitrogens is 1. The highest BCUT2D eigenvalue weighted by Gasteiger charge is 1.93. The van der Waals surface area contributed by atoms with Crippen LogP contribution in [0.5, 0.6) is 0 Å². The Hall–Kier alpha value is -0.870. The minimum atomic E-state index is 0.620. The zero-order valence-electron chi connectivity index (χ0n) is 8.79. The maximum atomic E-state index is 5.34. The first kappa shape index (κ1) is 12.2. The zero-order valence-corrected chi connectivity index (χ0v) is 10.4. The first-order chi connectivity index (χ1) is 7.18. The zero-order chi connectivity index (χ0) is 11.1. The van der Waals surface area contributed by atoms with E-state index in [-0.39, 0.29) is 0 Å². The summed E-state index contributed by atoms with van der Waals surface area (Å²) < 4.78 is 6.32. The number of halogens is 1. The molecule has 0 radical (unpaired) electrons. The van der Waals surface area contributed by atoms with E-state index in [9.17, 15) is 0 Å². The van der Waals surface area contributed by atoms with E-state index in [2.05, 4.69) is 32.8 Å². The summed E-state index contributed by atoms with van der Waals surface area (Å²) >= 11 is 3.33. The predicted octanol–water partition coefficient (Wildman–Crippen LogP) is 2.85. The van der Waals surface area contributed by atoms with Crippen LogP contribution in [0.2, 0.25) is 0 Å². The first-order valence-corrected chi connectivity index (χ1v) is 5.55. The Morgan fingerprint density at radius 2 is 2.40 bits per heavy atom. The number of rotatable bonds is 6. The lowest BCUT2D eigenvalue weighted by Gasteiger charge is -2.06. The van der Waals surface area contributed by atoms with Gasteiger partial charge in [-0.05, 0) is 35.0 Å². The summed E-state index contributed by atoms with van der Waals surface area (Å²) in [5.74, 6) is 0.858. The van der Waals surface area contributed by atoms with Crippen molar-refractivity contribution in [2.24, 2.45) is 0 Å². The Labute approximate surface area is 98.7 Å². The second-order valence-corrected chi connectivity index (χ2v) is 4.21. The molecule has 1 heterocycles. The lowest BCUT2D eigenvalue weighted by Crippen LogP contribution is -2.10. The molecular weight excluding hydrogens is 256 g/mol. The number of hydrogen-bond acceptors (Lipinski definition) is 3. The molecular formula is C11H15BrN2O. The first-order valence-electron chi connectivity index (χ1n) is 4.76. The molecule has 1 rings (SSSR count). The lowest BCUT2D eigenvalue weighted by atomic mass is 10.4. The van der Waals surface area contributed by atoms with Gasteiger partial charge in [-0.15, -0.1) is 0 Å². The van der Waals surface area contributed by atoms with E-state index in [1.807, 2.05) is 19.1 Å². The molecule has 0 aliphatic rings. The fraction of sp³-hybridized carbons (Fsp3) is 0.364. The van der Waals surface area contributed by atoms with Gasteiger partial charge in [0.25, 0.3) is 0 Å². The molecule has 1 aromatic rings. The Kier molecular flexibility index (Phi) is 5.36. The minimum Gasteiger partial charge on any atom is -0.375 e. The van der Waals surface area contributed by atoms with Crippen LogP contribution in [0.25, 0.3) is 0 Å². The largest absolute Gasteiger partial charge is 0.375 e. The van der Waals surface area contributed by atoms with Gasteiger partial charge in [0.05, 0.1) is 13.2 Å². The molecule has 0 amide bonds. The van der Waals surface area contributed by atoms with Crippen molar-refractivity contribution in [2.45, 2.75) is 6.92 Å². The topological polar surface area (TPSA) is 34.1 Å². The van der Waals surface area contributed by atoms with Gasteiger partial charge in [-0.2, -0.15) is 0 Å². The van der Waals surface area contributed by atoms with Crippen molar-refractivity contribution in [1.82, 2.24) is 4.98 Å². The van der Waals surface area contributed by atoms with Crippen molar-refractivity contribution in [3.8, 4) is 0 Å². The Balaban J connectivity index is 2.15. The quantitative estimate of drug-likeness (QED) is 0.638. The molecule has 1 N–H and O–H groups in total. The van der Waals surface area contributed by atoms with Gasteiger partial charge in [-0.3, -0.25) is 0 Å². The smallest absolute Gasteiger partial charge is 0.126 e. The average Bonchev–Trinajstić information content (AvgIpc) is 2.20. The third-order valence-electron chi connectivity index (χ3n) is 1.63. The summed E-state index contributed by atoms with van der Waals surface area (Å²) in [6.07, 6.45) is 1.76. The second-order valence-electron chi connectivity index (χ2n) is 3.30. The van der Waals surface area contributed by atoms with Crippen molar-refractivity contribution in [3.63, 3.8) is 0 Å². The fourth-order valence-corrected chi connectivity index (χ4v) is 1.21. The Morgan fingerprint density at radius 3 is 3.00 bits per heavy atom. The fourth-order valence-electron chi connectivity index (χ4n) is 0.978. The molecule has 0 aliphatic carbocycles. The van der Waals surface area contributed by atoms with Crippen LogP contribution in [-0.4, -0.2) is 24.7 Å². The average molecular weight is 271 g/mol. The van der Waals surface area contributed by atoms with Crippen LogP contribution in [0, 0.1) is 0 Å². The van der Waals surface area contributed by atoms with E-state index in [4.69, 9.17) is 4.74 Å². The van der Waals surface area contributed by atoms with E-state index in [0.29, 0.717) is 13.2 Å². The van der Waals surface area contributed by atoms with Crippen LogP contribution in [-0.2, 0) is 4.74 Å². The van der Waals surface area contributed by atoms with E-state index in [1.54, 1.807) is 6.20 Å². The maximum absolute atomic E-state index is 5.34. The molecule has 15 heavy (non-hydrogen) atoms. The normalized spacial score (nSPS) is 10.0. The number of anilines is 1. The van der Waals surface area contributed by atoms with E-state index in [1.165, 1.54) is 0 Å². The van der Waals surface area contributed by atoms with Gasteiger partial charge in [0.1, 0.15) is 5.82 Å². The van der Waals surface area contributed by atoms with Crippen molar-refractivity contribution < 1.29 is 4.74 Å². The molecule has 0 aliphatic heterocycles. The van der Waals surface area contributed by atoms with Crippen LogP contribution < -0.4 is 5.32 Å².